The number of benzene rings is 3. The van der Waals surface area contributed by atoms with Crippen molar-refractivity contribution in [2.24, 2.45) is 0 Å². The van der Waals surface area contributed by atoms with Crippen LogP contribution in [0.25, 0.3) is 33.2 Å². The predicted molar refractivity (Wildman–Crippen MR) is 77.7 cm³/mol. The number of fused-ring (bicyclic) bond motifs is 1. The number of hydrogen-bond acceptors (Lipinski definition) is 2. The topological polar surface area (TPSA) is 34.1 Å². The first kappa shape index (κ1) is 10.1. The first-order valence-corrected chi connectivity index (χ1v) is 6.55. The van der Waals surface area contributed by atoms with Crippen molar-refractivity contribution in [3.8, 4) is 0 Å². The lowest BCUT2D eigenvalue weighted by atomic mass is 9.95. The Bertz CT molecular complexity index is 1120. The van der Waals surface area contributed by atoms with Gasteiger partial charge in [-0.15, -0.1) is 0 Å². The van der Waals surface area contributed by atoms with Crippen molar-refractivity contribution in [1.82, 2.24) is 0 Å². The maximum absolute atomic E-state index is 12.3. The molecule has 0 heterocycles. The molecule has 0 unspecified atom stereocenters. The third kappa shape index (κ3) is 0.946. The number of Topliss-reactive ketones (excluding diaryl/α,β-unsaturated/α-hetero) is 2. The lowest BCUT2D eigenvalue weighted by Gasteiger charge is -2.05. The molecule has 2 heteroatoms. The molecule has 2 aliphatic rings. The molecular weight excluding hydrogens is 248 g/mol. The summed E-state index contributed by atoms with van der Waals surface area (Å²) in [6.07, 6.45) is 1.46. The minimum Gasteiger partial charge on any atom is -0.286 e. The number of hydrogen-bond donors (Lipinski definition) is 0. The summed E-state index contributed by atoms with van der Waals surface area (Å²) in [6.45, 7) is 0. The van der Waals surface area contributed by atoms with Crippen molar-refractivity contribution in [3.63, 3.8) is 0 Å². The molecule has 3 aromatic rings. The molecule has 92 valence electrons. The van der Waals surface area contributed by atoms with Crippen molar-refractivity contribution in [3.05, 3.63) is 58.5 Å². The first-order valence-electron chi connectivity index (χ1n) is 6.55. The normalized spacial score (nSPS) is 15.5. The van der Waals surface area contributed by atoms with Gasteiger partial charge in [-0.05, 0) is 38.4 Å². The van der Waals surface area contributed by atoms with Gasteiger partial charge in [-0.25, -0.2) is 0 Å². The van der Waals surface area contributed by atoms with E-state index in [1.165, 1.54) is 6.08 Å². The van der Waals surface area contributed by atoms with E-state index in [1.807, 2.05) is 30.3 Å². The molecule has 0 fully saturated rings. The standard InChI is InChI=1S/C18H8O2/c19-13-8-11-7-6-10-5-4-9-2-1-3-12-14(9)15(10)16(11)17(12)18(13)20/h1-8H. The van der Waals surface area contributed by atoms with Gasteiger partial charge < -0.3 is 0 Å². The van der Waals surface area contributed by atoms with Crippen molar-refractivity contribution in [2.45, 2.75) is 0 Å². The van der Waals surface area contributed by atoms with Crippen molar-refractivity contribution in [2.75, 3.05) is 0 Å². The monoisotopic (exact) mass is 256 g/mol. The van der Waals surface area contributed by atoms with E-state index in [1.54, 1.807) is 0 Å². The molecule has 0 saturated heterocycles. The summed E-state index contributed by atoms with van der Waals surface area (Å²) in [4.78, 5) is 24.2. The minimum absolute atomic E-state index is 0.381. The average Bonchev–Trinajstić information content (AvgIpc) is 2.82. The van der Waals surface area contributed by atoms with Crippen LogP contribution in [-0.2, 0) is 9.59 Å². The Kier molecular flexibility index (Phi) is 1.54. The zero-order valence-electron chi connectivity index (χ0n) is 10.4. The minimum atomic E-state index is -0.420. The molecule has 0 N–H and O–H groups in total. The van der Waals surface area contributed by atoms with Gasteiger partial charge >= 0.3 is 0 Å². The average molecular weight is 256 g/mol. The summed E-state index contributed by atoms with van der Waals surface area (Å²) < 4.78 is 0. The van der Waals surface area contributed by atoms with Crippen LogP contribution in [0.5, 0.6) is 0 Å². The molecule has 0 aliphatic heterocycles. The van der Waals surface area contributed by atoms with E-state index in [4.69, 9.17) is 0 Å². The summed E-state index contributed by atoms with van der Waals surface area (Å²) in [5.41, 5.74) is 1.49. The molecule has 0 bridgehead atoms. The number of ketones is 2. The van der Waals surface area contributed by atoms with E-state index in [0.717, 1.165) is 37.5 Å². The SMILES string of the molecule is O=C1C=c2ccc3ccc4cccc5c4c3c2=C5C1=O. The fourth-order valence-electron chi connectivity index (χ4n) is 3.51. The van der Waals surface area contributed by atoms with E-state index in [-0.39, 0.29) is 5.78 Å². The van der Waals surface area contributed by atoms with Gasteiger partial charge in [-0.3, -0.25) is 9.59 Å². The maximum atomic E-state index is 12.3. The molecule has 0 spiro atoms. The van der Waals surface area contributed by atoms with Crippen molar-refractivity contribution >= 4 is 44.8 Å². The zero-order valence-corrected chi connectivity index (χ0v) is 10.4. The first-order chi connectivity index (χ1) is 9.75. The number of carbonyl (C=O) groups is 2. The molecule has 0 aromatic heterocycles. The third-order valence-corrected chi connectivity index (χ3v) is 4.32. The summed E-state index contributed by atoms with van der Waals surface area (Å²) in [7, 11) is 0. The summed E-state index contributed by atoms with van der Waals surface area (Å²) >= 11 is 0. The Balaban J connectivity index is 2.27. The lowest BCUT2D eigenvalue weighted by molar-refractivity contribution is -0.129. The fourth-order valence-corrected chi connectivity index (χ4v) is 3.51. The Labute approximate surface area is 113 Å². The highest BCUT2D eigenvalue weighted by atomic mass is 16.2. The van der Waals surface area contributed by atoms with Gasteiger partial charge in [0.15, 0.2) is 0 Å². The summed E-state index contributed by atoms with van der Waals surface area (Å²) in [6, 6.07) is 14.0. The van der Waals surface area contributed by atoms with E-state index in [2.05, 4.69) is 12.1 Å². The Hall–Kier alpha value is -2.74. The van der Waals surface area contributed by atoms with Crippen molar-refractivity contribution < 1.29 is 9.59 Å². The molecular formula is C18H8O2. The van der Waals surface area contributed by atoms with Crippen molar-refractivity contribution in [1.29, 1.82) is 0 Å². The third-order valence-electron chi connectivity index (χ3n) is 4.32. The van der Waals surface area contributed by atoms with Crippen LogP contribution in [0.15, 0.2) is 42.5 Å². The van der Waals surface area contributed by atoms with Crippen LogP contribution in [-0.4, -0.2) is 11.6 Å². The van der Waals surface area contributed by atoms with Gasteiger partial charge in [0.05, 0.1) is 0 Å². The Morgan fingerprint density at radius 1 is 0.750 bits per heavy atom. The second kappa shape index (κ2) is 3.05. The summed E-state index contributed by atoms with van der Waals surface area (Å²) in [5.74, 6) is -0.801. The quantitative estimate of drug-likeness (QED) is 0.450. The predicted octanol–water partition coefficient (Wildman–Crippen LogP) is 1.44. The lowest BCUT2D eigenvalue weighted by Crippen LogP contribution is -2.36. The van der Waals surface area contributed by atoms with Crippen LogP contribution in [0.4, 0.5) is 0 Å². The number of carbonyl (C=O) groups excluding carboxylic acids is 2. The van der Waals surface area contributed by atoms with Gasteiger partial charge in [0.2, 0.25) is 11.6 Å². The highest BCUT2D eigenvalue weighted by molar-refractivity contribution is 6.63. The Morgan fingerprint density at radius 2 is 1.50 bits per heavy atom. The van der Waals surface area contributed by atoms with E-state index in [9.17, 15) is 9.59 Å². The molecule has 5 rings (SSSR count). The van der Waals surface area contributed by atoms with Crippen LogP contribution in [0.1, 0.15) is 5.56 Å². The number of rotatable bonds is 0. The van der Waals surface area contributed by atoms with Gasteiger partial charge in [0.1, 0.15) is 0 Å². The molecule has 0 atom stereocenters. The molecule has 0 saturated carbocycles. The van der Waals surface area contributed by atoms with E-state index < -0.39 is 5.78 Å². The fraction of sp³-hybridized carbons (Fsp3) is 0. The highest BCUT2D eigenvalue weighted by Crippen LogP contribution is 2.34. The van der Waals surface area contributed by atoms with Crippen LogP contribution < -0.4 is 10.4 Å². The van der Waals surface area contributed by atoms with Gasteiger partial charge in [-0.2, -0.15) is 0 Å². The van der Waals surface area contributed by atoms with Crippen LogP contribution in [0.3, 0.4) is 0 Å². The van der Waals surface area contributed by atoms with Crippen LogP contribution >= 0.6 is 0 Å². The maximum Gasteiger partial charge on any atom is 0.234 e. The Morgan fingerprint density at radius 3 is 2.35 bits per heavy atom. The molecule has 0 radical (unpaired) electrons. The molecule has 2 aliphatic carbocycles. The largest absolute Gasteiger partial charge is 0.286 e. The van der Waals surface area contributed by atoms with Gasteiger partial charge in [0.25, 0.3) is 0 Å². The molecule has 2 nitrogen and oxygen atoms in total. The van der Waals surface area contributed by atoms with Crippen LogP contribution in [0.2, 0.25) is 0 Å². The zero-order chi connectivity index (χ0) is 13.4. The molecule has 20 heavy (non-hydrogen) atoms. The highest BCUT2D eigenvalue weighted by Gasteiger charge is 2.29. The van der Waals surface area contributed by atoms with E-state index >= 15 is 0 Å². The van der Waals surface area contributed by atoms with E-state index in [0.29, 0.717) is 5.57 Å². The molecule has 3 aromatic carbocycles. The van der Waals surface area contributed by atoms with Gasteiger partial charge in [-0.1, -0.05) is 42.5 Å². The second-order valence-corrected chi connectivity index (χ2v) is 5.31. The molecule has 0 amide bonds. The smallest absolute Gasteiger partial charge is 0.234 e. The second-order valence-electron chi connectivity index (χ2n) is 5.31. The van der Waals surface area contributed by atoms with Crippen LogP contribution in [0, 0.1) is 0 Å². The summed E-state index contributed by atoms with van der Waals surface area (Å²) in [5, 5.41) is 6.26. The van der Waals surface area contributed by atoms with Gasteiger partial charge in [0, 0.05) is 10.8 Å².